The van der Waals surface area contributed by atoms with E-state index in [0.717, 1.165) is 18.7 Å². The number of nitrogens with zero attached hydrogens (tertiary/aromatic N) is 1. The average Bonchev–Trinajstić information content (AvgIpc) is 2.37. The van der Waals surface area contributed by atoms with Crippen LogP contribution < -0.4 is 0 Å². The monoisotopic (exact) mass is 267 g/mol. The van der Waals surface area contributed by atoms with Gasteiger partial charge in [0.2, 0.25) is 0 Å². The van der Waals surface area contributed by atoms with E-state index in [-0.39, 0.29) is 5.25 Å². The van der Waals surface area contributed by atoms with Crippen molar-refractivity contribution in [3.05, 3.63) is 35.9 Å². The molecule has 1 N–H and O–H groups in total. The summed E-state index contributed by atoms with van der Waals surface area (Å²) in [5.74, 6) is -1.37. The molecule has 0 amide bonds. The number of thiol groups is 1. The van der Waals surface area contributed by atoms with Crippen molar-refractivity contribution in [1.82, 2.24) is 4.90 Å². The van der Waals surface area contributed by atoms with E-state index in [1.165, 1.54) is 0 Å². The Morgan fingerprint density at radius 2 is 1.83 bits per heavy atom. The normalized spacial score (nSPS) is 14.4. The molecule has 0 saturated heterocycles. The van der Waals surface area contributed by atoms with Crippen molar-refractivity contribution in [2.75, 3.05) is 19.6 Å². The highest BCUT2D eigenvalue weighted by atomic mass is 32.1. The van der Waals surface area contributed by atoms with Gasteiger partial charge in [-0.05, 0) is 18.7 Å². The molecule has 2 atom stereocenters. The molecule has 18 heavy (non-hydrogen) atoms. The predicted octanol–water partition coefficient (Wildman–Crippen LogP) is 2.50. The summed E-state index contributed by atoms with van der Waals surface area (Å²) in [6, 6.07) is 9.32. The summed E-state index contributed by atoms with van der Waals surface area (Å²) >= 11 is 4.50. The van der Waals surface area contributed by atoms with Crippen molar-refractivity contribution < 1.29 is 9.90 Å². The number of hydrogen-bond donors (Lipinski definition) is 2. The van der Waals surface area contributed by atoms with E-state index in [0.29, 0.717) is 6.54 Å². The van der Waals surface area contributed by atoms with Crippen LogP contribution in [0.5, 0.6) is 0 Å². The molecule has 0 aliphatic heterocycles. The molecule has 0 heterocycles. The van der Waals surface area contributed by atoms with Gasteiger partial charge in [0.1, 0.15) is 0 Å². The smallest absolute Gasteiger partial charge is 0.312 e. The summed E-state index contributed by atoms with van der Waals surface area (Å²) in [5.41, 5.74) is 0.817. The third-order valence-corrected chi connectivity index (χ3v) is 3.61. The highest BCUT2D eigenvalue weighted by Crippen LogP contribution is 2.24. The zero-order valence-corrected chi connectivity index (χ0v) is 11.8. The van der Waals surface area contributed by atoms with Crippen LogP contribution in [0.1, 0.15) is 25.3 Å². The molecule has 4 heteroatoms. The van der Waals surface area contributed by atoms with Crippen LogP contribution in [0, 0.1) is 0 Å². The van der Waals surface area contributed by atoms with Gasteiger partial charge in [-0.15, -0.1) is 0 Å². The maximum absolute atomic E-state index is 11.4. The molecule has 3 nitrogen and oxygen atoms in total. The molecular weight excluding hydrogens is 246 g/mol. The van der Waals surface area contributed by atoms with Crippen LogP contribution in [0.25, 0.3) is 0 Å². The number of hydrogen-bond acceptors (Lipinski definition) is 3. The minimum Gasteiger partial charge on any atom is -0.481 e. The van der Waals surface area contributed by atoms with Gasteiger partial charge in [-0.3, -0.25) is 4.79 Å². The van der Waals surface area contributed by atoms with E-state index >= 15 is 0 Å². The van der Waals surface area contributed by atoms with Crippen LogP contribution in [-0.2, 0) is 4.79 Å². The Labute approximate surface area is 114 Å². The van der Waals surface area contributed by atoms with Gasteiger partial charge >= 0.3 is 5.97 Å². The second-order valence-corrected chi connectivity index (χ2v) is 4.94. The first kappa shape index (κ1) is 15.1. The fraction of sp³-hybridized carbons (Fsp3) is 0.500. The third kappa shape index (κ3) is 4.03. The number of carboxylic acids is 1. The molecular formula is C14H21NO2S. The number of benzene rings is 1. The van der Waals surface area contributed by atoms with E-state index in [1.807, 2.05) is 30.3 Å². The summed E-state index contributed by atoms with van der Waals surface area (Å²) in [7, 11) is 0. The maximum atomic E-state index is 11.4. The van der Waals surface area contributed by atoms with Crippen LogP contribution in [0.15, 0.2) is 30.3 Å². The largest absolute Gasteiger partial charge is 0.481 e. The van der Waals surface area contributed by atoms with Gasteiger partial charge in [0.25, 0.3) is 0 Å². The molecule has 0 aliphatic carbocycles. The van der Waals surface area contributed by atoms with E-state index in [1.54, 1.807) is 0 Å². The second kappa shape index (κ2) is 7.44. The maximum Gasteiger partial charge on any atom is 0.312 e. The number of carbonyl (C=O) groups is 1. The van der Waals surface area contributed by atoms with Crippen molar-refractivity contribution in [1.29, 1.82) is 0 Å². The first-order chi connectivity index (χ1) is 8.60. The minimum absolute atomic E-state index is 0.204. The van der Waals surface area contributed by atoms with Crippen molar-refractivity contribution >= 4 is 18.6 Å². The molecule has 0 fully saturated rings. The lowest BCUT2D eigenvalue weighted by molar-refractivity contribution is -0.138. The molecule has 0 spiro atoms. The zero-order valence-electron chi connectivity index (χ0n) is 10.9. The van der Waals surface area contributed by atoms with Gasteiger partial charge < -0.3 is 10.0 Å². The highest BCUT2D eigenvalue weighted by Gasteiger charge is 2.28. The van der Waals surface area contributed by atoms with Crippen LogP contribution in [0.2, 0.25) is 0 Å². The Hall–Kier alpha value is -1.00. The Bertz CT molecular complexity index is 365. The Kier molecular flexibility index (Phi) is 6.22. The Morgan fingerprint density at radius 1 is 1.28 bits per heavy atom. The summed E-state index contributed by atoms with van der Waals surface area (Å²) < 4.78 is 0. The summed E-state index contributed by atoms with van der Waals surface area (Å²) in [4.78, 5) is 13.6. The van der Waals surface area contributed by atoms with Gasteiger partial charge in [-0.1, -0.05) is 44.2 Å². The lowest BCUT2D eigenvalue weighted by Crippen LogP contribution is -2.35. The number of carboxylic acid groups (broad SMARTS) is 1. The molecule has 100 valence electrons. The summed E-state index contributed by atoms with van der Waals surface area (Å²) in [6.45, 7) is 6.65. The first-order valence-electron chi connectivity index (χ1n) is 6.28. The van der Waals surface area contributed by atoms with Gasteiger partial charge in [-0.2, -0.15) is 12.6 Å². The number of rotatable bonds is 7. The van der Waals surface area contributed by atoms with E-state index in [2.05, 4.69) is 31.4 Å². The highest BCUT2D eigenvalue weighted by molar-refractivity contribution is 7.81. The average molecular weight is 267 g/mol. The topological polar surface area (TPSA) is 40.5 Å². The fourth-order valence-electron chi connectivity index (χ4n) is 2.04. The Balaban J connectivity index is 2.83. The van der Waals surface area contributed by atoms with Gasteiger partial charge in [-0.25, -0.2) is 0 Å². The number of aliphatic carboxylic acids is 1. The molecule has 1 aromatic rings. The predicted molar refractivity (Wildman–Crippen MR) is 77.4 cm³/mol. The van der Waals surface area contributed by atoms with Gasteiger partial charge in [0.15, 0.2) is 0 Å². The quantitative estimate of drug-likeness (QED) is 0.746. The molecule has 1 rings (SSSR count). The van der Waals surface area contributed by atoms with Gasteiger partial charge in [0, 0.05) is 11.8 Å². The first-order valence-corrected chi connectivity index (χ1v) is 6.79. The molecule has 0 radical (unpaired) electrons. The van der Waals surface area contributed by atoms with E-state index in [9.17, 15) is 9.90 Å². The molecule has 0 aromatic heterocycles. The fourth-order valence-corrected chi connectivity index (χ4v) is 2.57. The minimum atomic E-state index is -0.812. The van der Waals surface area contributed by atoms with Crippen LogP contribution >= 0.6 is 12.6 Å². The molecule has 0 bridgehead atoms. The molecule has 1 aromatic carbocycles. The standard InChI is InChI=1S/C14H21NO2S/c1-3-15(4-2)10-12(18)13(14(16)17)11-8-6-5-7-9-11/h5-9,12-13,18H,3-4,10H2,1-2H3,(H,16,17). The summed E-state index contributed by atoms with van der Waals surface area (Å²) in [5, 5.41) is 9.18. The van der Waals surface area contributed by atoms with Crippen LogP contribution in [-0.4, -0.2) is 40.9 Å². The van der Waals surface area contributed by atoms with Crippen molar-refractivity contribution in [2.24, 2.45) is 0 Å². The third-order valence-electron chi connectivity index (χ3n) is 3.15. The summed E-state index contributed by atoms with van der Waals surface area (Å²) in [6.07, 6.45) is 0. The van der Waals surface area contributed by atoms with Crippen molar-refractivity contribution in [2.45, 2.75) is 25.0 Å². The molecule has 0 saturated carbocycles. The second-order valence-electron chi connectivity index (χ2n) is 4.28. The van der Waals surface area contributed by atoms with Crippen molar-refractivity contribution in [3.8, 4) is 0 Å². The molecule has 2 unspecified atom stereocenters. The van der Waals surface area contributed by atoms with Crippen LogP contribution in [0.4, 0.5) is 0 Å². The SMILES string of the molecule is CCN(CC)CC(S)C(C(=O)O)c1ccccc1. The van der Waals surface area contributed by atoms with Crippen LogP contribution in [0.3, 0.4) is 0 Å². The molecule has 0 aliphatic rings. The van der Waals surface area contributed by atoms with Gasteiger partial charge in [0.05, 0.1) is 5.92 Å². The lowest BCUT2D eigenvalue weighted by atomic mass is 9.95. The zero-order chi connectivity index (χ0) is 13.5. The lowest BCUT2D eigenvalue weighted by Gasteiger charge is -2.26. The van der Waals surface area contributed by atoms with Crippen molar-refractivity contribution in [3.63, 3.8) is 0 Å². The van der Waals surface area contributed by atoms with E-state index < -0.39 is 11.9 Å². The Morgan fingerprint density at radius 3 is 2.28 bits per heavy atom. The van der Waals surface area contributed by atoms with E-state index in [4.69, 9.17) is 0 Å².